The normalized spacial score (nSPS) is 11.0. The van der Waals surface area contributed by atoms with Gasteiger partial charge in [0.1, 0.15) is 5.52 Å². The number of pyridine rings is 1. The maximum atomic E-state index is 4.58. The molecule has 3 heteroatoms. The molecule has 4 rings (SSSR count). The van der Waals surface area contributed by atoms with Crippen LogP contribution in [0.25, 0.3) is 33.2 Å². The lowest BCUT2D eigenvalue weighted by Crippen LogP contribution is -1.90. The first-order chi connectivity index (χ1) is 9.90. The number of rotatable bonds is 1. The van der Waals surface area contributed by atoms with Crippen molar-refractivity contribution in [3.8, 4) is 11.3 Å². The highest BCUT2D eigenvalue weighted by Gasteiger charge is 2.04. The highest BCUT2D eigenvalue weighted by Crippen LogP contribution is 2.23. The van der Waals surface area contributed by atoms with E-state index in [0.717, 1.165) is 16.8 Å². The van der Waals surface area contributed by atoms with Crippen molar-refractivity contribution in [1.29, 1.82) is 0 Å². The number of hydrogen-bond acceptors (Lipinski definition) is 3. The van der Waals surface area contributed by atoms with Crippen molar-refractivity contribution in [3.05, 3.63) is 67.0 Å². The molecule has 0 saturated carbocycles. The minimum atomic E-state index is 0.679. The summed E-state index contributed by atoms with van der Waals surface area (Å²) >= 11 is 0. The Bertz CT molecular complexity index is 838. The molecule has 0 saturated heterocycles. The molecule has 0 aliphatic carbocycles. The minimum absolute atomic E-state index is 0.679. The van der Waals surface area contributed by atoms with Gasteiger partial charge in [-0.25, -0.2) is 9.97 Å². The summed E-state index contributed by atoms with van der Waals surface area (Å²) in [6.45, 7) is 0. The van der Waals surface area contributed by atoms with Crippen LogP contribution < -0.4 is 0 Å². The van der Waals surface area contributed by atoms with Crippen molar-refractivity contribution in [2.75, 3.05) is 0 Å². The fourth-order valence-electron chi connectivity index (χ4n) is 2.34. The van der Waals surface area contributed by atoms with E-state index in [2.05, 4.69) is 45.3 Å². The highest BCUT2D eigenvalue weighted by atomic mass is 14.9. The molecule has 4 aromatic rings. The van der Waals surface area contributed by atoms with E-state index in [1.807, 2.05) is 24.3 Å². The smallest absolute Gasteiger partial charge is 0.178 e. The van der Waals surface area contributed by atoms with Gasteiger partial charge in [0.15, 0.2) is 5.65 Å². The molecule has 2 heterocycles. The molecule has 3 nitrogen and oxygen atoms in total. The molecule has 0 spiro atoms. The van der Waals surface area contributed by atoms with Crippen LogP contribution in [0, 0.1) is 0 Å². The summed E-state index contributed by atoms with van der Waals surface area (Å²) in [4.78, 5) is 13.2. The molecule has 2 aromatic heterocycles. The summed E-state index contributed by atoms with van der Waals surface area (Å²) in [6.07, 6.45) is 3.54. The first-order valence-electron chi connectivity index (χ1n) is 6.47. The number of benzene rings is 2. The van der Waals surface area contributed by atoms with E-state index in [1.54, 1.807) is 12.4 Å². The Hall–Kier alpha value is -2.81. The molecule has 2 aromatic carbocycles. The zero-order valence-electron chi connectivity index (χ0n) is 10.7. The van der Waals surface area contributed by atoms with Crippen molar-refractivity contribution in [3.63, 3.8) is 0 Å². The van der Waals surface area contributed by atoms with Crippen molar-refractivity contribution in [1.82, 2.24) is 15.0 Å². The minimum Gasteiger partial charge on any atom is -0.251 e. The summed E-state index contributed by atoms with van der Waals surface area (Å²) in [7, 11) is 0. The van der Waals surface area contributed by atoms with Crippen LogP contribution in [0.4, 0.5) is 0 Å². The maximum absolute atomic E-state index is 4.58. The molecular formula is C17H11N3. The SMILES string of the molecule is c1ccc2cc(-c3cnc4cccnc4n3)ccc2c1. The Balaban J connectivity index is 1.91. The van der Waals surface area contributed by atoms with Crippen molar-refractivity contribution in [2.24, 2.45) is 0 Å². The number of hydrogen-bond donors (Lipinski definition) is 0. The number of fused-ring (bicyclic) bond motifs is 2. The predicted molar refractivity (Wildman–Crippen MR) is 80.3 cm³/mol. The first kappa shape index (κ1) is 11.1. The zero-order chi connectivity index (χ0) is 13.4. The summed E-state index contributed by atoms with van der Waals surface area (Å²) in [5, 5.41) is 2.43. The lowest BCUT2D eigenvalue weighted by Gasteiger charge is -2.04. The van der Waals surface area contributed by atoms with Crippen LogP contribution in [0.5, 0.6) is 0 Å². The highest BCUT2D eigenvalue weighted by molar-refractivity contribution is 5.87. The van der Waals surface area contributed by atoms with Gasteiger partial charge in [-0.15, -0.1) is 0 Å². The van der Waals surface area contributed by atoms with Crippen LogP contribution >= 0.6 is 0 Å². The second kappa shape index (κ2) is 4.38. The molecule has 0 aliphatic rings. The lowest BCUT2D eigenvalue weighted by molar-refractivity contribution is 1.23. The van der Waals surface area contributed by atoms with Gasteiger partial charge in [-0.3, -0.25) is 4.98 Å². The molecule has 0 atom stereocenters. The van der Waals surface area contributed by atoms with Gasteiger partial charge >= 0.3 is 0 Å². The van der Waals surface area contributed by atoms with E-state index in [1.165, 1.54) is 10.8 Å². The van der Waals surface area contributed by atoms with Gasteiger partial charge < -0.3 is 0 Å². The van der Waals surface area contributed by atoms with Gasteiger partial charge in [0.05, 0.1) is 11.9 Å². The quantitative estimate of drug-likeness (QED) is 0.520. The summed E-state index contributed by atoms with van der Waals surface area (Å²) in [6, 6.07) is 18.4. The Labute approximate surface area is 116 Å². The molecule has 20 heavy (non-hydrogen) atoms. The van der Waals surface area contributed by atoms with Crippen LogP contribution in [0.2, 0.25) is 0 Å². The largest absolute Gasteiger partial charge is 0.251 e. The molecule has 0 aliphatic heterocycles. The Kier molecular flexibility index (Phi) is 2.42. The molecule has 94 valence electrons. The van der Waals surface area contributed by atoms with E-state index >= 15 is 0 Å². The summed E-state index contributed by atoms with van der Waals surface area (Å²) in [5.41, 5.74) is 3.40. The maximum Gasteiger partial charge on any atom is 0.178 e. The van der Waals surface area contributed by atoms with Gasteiger partial charge in [0, 0.05) is 11.8 Å². The van der Waals surface area contributed by atoms with Crippen molar-refractivity contribution < 1.29 is 0 Å². The fourth-order valence-corrected chi connectivity index (χ4v) is 2.34. The molecule has 0 unspecified atom stereocenters. The number of aromatic nitrogens is 3. The van der Waals surface area contributed by atoms with E-state index in [4.69, 9.17) is 0 Å². The second-order valence-electron chi connectivity index (χ2n) is 4.66. The third-order valence-corrected chi connectivity index (χ3v) is 3.36. The summed E-state index contributed by atoms with van der Waals surface area (Å²) < 4.78 is 0. The first-order valence-corrected chi connectivity index (χ1v) is 6.47. The topological polar surface area (TPSA) is 38.7 Å². The Morgan fingerprint density at radius 2 is 1.65 bits per heavy atom. The molecule has 0 bridgehead atoms. The fraction of sp³-hybridized carbons (Fsp3) is 0. The molecule has 0 amide bonds. The molecule has 0 N–H and O–H groups in total. The molecular weight excluding hydrogens is 246 g/mol. The van der Waals surface area contributed by atoms with Crippen LogP contribution in [-0.4, -0.2) is 15.0 Å². The Morgan fingerprint density at radius 3 is 2.60 bits per heavy atom. The van der Waals surface area contributed by atoms with Gasteiger partial charge in [0.2, 0.25) is 0 Å². The lowest BCUT2D eigenvalue weighted by atomic mass is 10.1. The van der Waals surface area contributed by atoms with Gasteiger partial charge in [-0.05, 0) is 29.0 Å². The zero-order valence-corrected chi connectivity index (χ0v) is 10.7. The summed E-state index contributed by atoms with van der Waals surface area (Å²) in [5.74, 6) is 0. The van der Waals surface area contributed by atoms with Crippen LogP contribution in [0.3, 0.4) is 0 Å². The predicted octanol–water partition coefficient (Wildman–Crippen LogP) is 3.85. The van der Waals surface area contributed by atoms with E-state index < -0.39 is 0 Å². The van der Waals surface area contributed by atoms with E-state index in [-0.39, 0.29) is 0 Å². The Morgan fingerprint density at radius 1 is 0.750 bits per heavy atom. The van der Waals surface area contributed by atoms with Crippen molar-refractivity contribution in [2.45, 2.75) is 0 Å². The second-order valence-corrected chi connectivity index (χ2v) is 4.66. The van der Waals surface area contributed by atoms with Crippen LogP contribution in [-0.2, 0) is 0 Å². The van der Waals surface area contributed by atoms with E-state index in [0.29, 0.717) is 5.65 Å². The average molecular weight is 257 g/mol. The monoisotopic (exact) mass is 257 g/mol. The van der Waals surface area contributed by atoms with Crippen molar-refractivity contribution >= 4 is 21.9 Å². The van der Waals surface area contributed by atoms with Gasteiger partial charge in [0.25, 0.3) is 0 Å². The molecule has 0 radical (unpaired) electrons. The molecule has 0 fully saturated rings. The van der Waals surface area contributed by atoms with Gasteiger partial charge in [-0.1, -0.05) is 36.4 Å². The standard InChI is InChI=1S/C17H11N3/c1-2-5-13-10-14(8-7-12(13)4-1)16-11-19-15-6-3-9-18-17(15)20-16/h1-11H. The average Bonchev–Trinajstić information content (AvgIpc) is 2.54. The number of nitrogens with zero attached hydrogens (tertiary/aromatic N) is 3. The third-order valence-electron chi connectivity index (χ3n) is 3.36. The van der Waals surface area contributed by atoms with Crippen LogP contribution in [0.1, 0.15) is 0 Å². The van der Waals surface area contributed by atoms with E-state index in [9.17, 15) is 0 Å². The van der Waals surface area contributed by atoms with Crippen LogP contribution in [0.15, 0.2) is 67.0 Å². The van der Waals surface area contributed by atoms with Gasteiger partial charge in [-0.2, -0.15) is 0 Å². The third kappa shape index (κ3) is 1.80.